The molecule has 0 unspecified atom stereocenters. The molecule has 4 rings (SSSR count). The van der Waals surface area contributed by atoms with Crippen molar-refractivity contribution in [1.82, 2.24) is 4.90 Å². The molecule has 3 aromatic carbocycles. The highest BCUT2D eigenvalue weighted by molar-refractivity contribution is 5.33. The second-order valence-corrected chi connectivity index (χ2v) is 7.08. The largest absolute Gasteiger partial charge is 0.388 e. The Bertz CT molecular complexity index is 831. The zero-order chi connectivity index (χ0) is 17.8. The van der Waals surface area contributed by atoms with Gasteiger partial charge in [0.2, 0.25) is 0 Å². The van der Waals surface area contributed by atoms with Gasteiger partial charge in [-0.1, -0.05) is 84.9 Å². The molecule has 2 nitrogen and oxygen atoms in total. The molecule has 0 saturated heterocycles. The van der Waals surface area contributed by atoms with Gasteiger partial charge in [0.1, 0.15) is 0 Å². The van der Waals surface area contributed by atoms with Gasteiger partial charge >= 0.3 is 0 Å². The van der Waals surface area contributed by atoms with Gasteiger partial charge in [-0.15, -0.1) is 0 Å². The molecule has 132 valence electrons. The van der Waals surface area contributed by atoms with Crippen molar-refractivity contribution in [1.29, 1.82) is 0 Å². The number of aliphatic hydroxyl groups excluding tert-OH is 1. The molecular formula is C24H25NO. The van der Waals surface area contributed by atoms with Crippen LogP contribution in [0.1, 0.15) is 40.8 Å². The Morgan fingerprint density at radius 1 is 0.846 bits per heavy atom. The van der Waals surface area contributed by atoms with E-state index in [4.69, 9.17) is 0 Å². The Hall–Kier alpha value is -2.42. The van der Waals surface area contributed by atoms with Crippen LogP contribution in [0.3, 0.4) is 0 Å². The van der Waals surface area contributed by atoms with Crippen molar-refractivity contribution in [3.63, 3.8) is 0 Å². The van der Waals surface area contributed by atoms with Crippen molar-refractivity contribution in [2.24, 2.45) is 0 Å². The molecule has 2 heteroatoms. The van der Waals surface area contributed by atoms with E-state index >= 15 is 0 Å². The van der Waals surface area contributed by atoms with Crippen LogP contribution in [0, 0.1) is 0 Å². The summed E-state index contributed by atoms with van der Waals surface area (Å²) >= 11 is 0. The number of fused-ring (bicyclic) bond motifs is 1. The van der Waals surface area contributed by atoms with Crippen molar-refractivity contribution in [2.75, 3.05) is 6.54 Å². The summed E-state index contributed by atoms with van der Waals surface area (Å²) in [5, 5.41) is 10.9. The maximum atomic E-state index is 10.9. The summed E-state index contributed by atoms with van der Waals surface area (Å²) < 4.78 is 0. The van der Waals surface area contributed by atoms with Gasteiger partial charge in [0.05, 0.1) is 6.10 Å². The summed E-state index contributed by atoms with van der Waals surface area (Å²) in [7, 11) is 0. The van der Waals surface area contributed by atoms with E-state index in [1.54, 1.807) is 0 Å². The van der Waals surface area contributed by atoms with Gasteiger partial charge in [0.15, 0.2) is 0 Å². The summed E-state index contributed by atoms with van der Waals surface area (Å²) in [6.07, 6.45) is 1.33. The number of benzene rings is 3. The van der Waals surface area contributed by atoms with Crippen LogP contribution in [0.15, 0.2) is 84.9 Å². The summed E-state index contributed by atoms with van der Waals surface area (Å²) in [4.78, 5) is 2.52. The van der Waals surface area contributed by atoms with Crippen LogP contribution in [-0.4, -0.2) is 16.6 Å². The predicted molar refractivity (Wildman–Crippen MR) is 106 cm³/mol. The van der Waals surface area contributed by atoms with Crippen LogP contribution in [0.25, 0.3) is 0 Å². The van der Waals surface area contributed by atoms with Crippen LogP contribution in [-0.2, 0) is 13.0 Å². The number of hydrogen-bond acceptors (Lipinski definition) is 2. The minimum absolute atomic E-state index is 0.232. The first-order valence-corrected chi connectivity index (χ1v) is 9.40. The number of aliphatic hydroxyl groups is 1. The Morgan fingerprint density at radius 2 is 1.50 bits per heavy atom. The van der Waals surface area contributed by atoms with E-state index in [0.717, 1.165) is 25.1 Å². The number of hydrogen-bond donors (Lipinski definition) is 1. The molecule has 0 fully saturated rings. The first-order chi connectivity index (χ1) is 12.8. The van der Waals surface area contributed by atoms with Gasteiger partial charge < -0.3 is 5.11 Å². The second-order valence-electron chi connectivity index (χ2n) is 7.08. The molecule has 2 atom stereocenters. The summed E-state index contributed by atoms with van der Waals surface area (Å²) in [5.41, 5.74) is 5.10. The van der Waals surface area contributed by atoms with Crippen molar-refractivity contribution in [2.45, 2.75) is 31.5 Å². The monoisotopic (exact) mass is 343 g/mol. The number of nitrogens with zero attached hydrogens (tertiary/aromatic N) is 1. The molecule has 0 bridgehead atoms. The zero-order valence-corrected chi connectivity index (χ0v) is 15.0. The summed E-state index contributed by atoms with van der Waals surface area (Å²) in [5.74, 6) is 0. The highest BCUT2D eigenvalue weighted by atomic mass is 16.3. The Morgan fingerprint density at radius 3 is 2.27 bits per heavy atom. The lowest BCUT2D eigenvalue weighted by atomic mass is 9.87. The third kappa shape index (κ3) is 3.72. The molecule has 1 N–H and O–H groups in total. The summed E-state index contributed by atoms with van der Waals surface area (Å²) in [6.45, 7) is 1.94. The molecule has 1 heterocycles. The van der Waals surface area contributed by atoms with Crippen LogP contribution in [0.5, 0.6) is 0 Å². The van der Waals surface area contributed by atoms with Crippen LogP contribution in [0.2, 0.25) is 0 Å². The molecule has 0 saturated carbocycles. The fourth-order valence-electron chi connectivity index (χ4n) is 4.01. The number of rotatable bonds is 5. The van der Waals surface area contributed by atoms with Gasteiger partial charge in [-0.3, -0.25) is 4.90 Å². The smallest absolute Gasteiger partial charge is 0.0808 e. The molecular weight excluding hydrogens is 318 g/mol. The molecule has 26 heavy (non-hydrogen) atoms. The normalized spacial score (nSPS) is 18.3. The van der Waals surface area contributed by atoms with E-state index in [1.807, 2.05) is 30.3 Å². The fourth-order valence-corrected chi connectivity index (χ4v) is 4.01. The average molecular weight is 343 g/mol. The SMILES string of the molecule is O[C@@H](C[C@@H]1c2ccccc2CCN1Cc1ccccc1)c1ccccc1. The molecule has 0 aromatic heterocycles. The van der Waals surface area contributed by atoms with E-state index < -0.39 is 6.10 Å². The highest BCUT2D eigenvalue weighted by Gasteiger charge is 2.29. The topological polar surface area (TPSA) is 23.5 Å². The van der Waals surface area contributed by atoms with Crippen molar-refractivity contribution < 1.29 is 5.11 Å². The molecule has 0 aliphatic carbocycles. The minimum Gasteiger partial charge on any atom is -0.388 e. The zero-order valence-electron chi connectivity index (χ0n) is 15.0. The van der Waals surface area contributed by atoms with Crippen LogP contribution < -0.4 is 0 Å². The standard InChI is InChI=1S/C24H25NO/c26-24(21-12-5-2-6-13-21)17-23-22-14-8-7-11-20(22)15-16-25(23)18-19-9-3-1-4-10-19/h1-14,23-24,26H,15-18H2/t23-,24+/m1/s1. The maximum absolute atomic E-state index is 10.9. The molecule has 3 aromatic rings. The Kier molecular flexibility index (Phi) is 5.14. The minimum atomic E-state index is -0.453. The third-order valence-electron chi connectivity index (χ3n) is 5.38. The van der Waals surface area contributed by atoms with Crippen LogP contribution in [0.4, 0.5) is 0 Å². The Balaban J connectivity index is 1.61. The van der Waals surface area contributed by atoms with Crippen molar-refractivity contribution in [3.8, 4) is 0 Å². The average Bonchev–Trinajstić information content (AvgIpc) is 2.71. The van der Waals surface area contributed by atoms with Gasteiger partial charge in [0.25, 0.3) is 0 Å². The van der Waals surface area contributed by atoms with Crippen molar-refractivity contribution >= 4 is 0 Å². The van der Waals surface area contributed by atoms with Crippen LogP contribution >= 0.6 is 0 Å². The third-order valence-corrected chi connectivity index (χ3v) is 5.38. The van der Waals surface area contributed by atoms with Gasteiger partial charge in [-0.05, 0) is 35.1 Å². The lowest BCUT2D eigenvalue weighted by molar-refractivity contribution is 0.0905. The van der Waals surface area contributed by atoms with Gasteiger partial charge in [0, 0.05) is 19.1 Å². The first kappa shape index (κ1) is 17.0. The lowest BCUT2D eigenvalue weighted by Crippen LogP contribution is -2.35. The van der Waals surface area contributed by atoms with E-state index in [9.17, 15) is 5.11 Å². The maximum Gasteiger partial charge on any atom is 0.0808 e. The van der Waals surface area contributed by atoms with E-state index in [1.165, 1.54) is 16.7 Å². The predicted octanol–water partition coefficient (Wildman–Crippen LogP) is 4.91. The van der Waals surface area contributed by atoms with Gasteiger partial charge in [-0.25, -0.2) is 0 Å². The molecule has 0 radical (unpaired) electrons. The molecule has 1 aliphatic rings. The van der Waals surface area contributed by atoms with E-state index in [-0.39, 0.29) is 6.04 Å². The van der Waals surface area contributed by atoms with Gasteiger partial charge in [-0.2, -0.15) is 0 Å². The quantitative estimate of drug-likeness (QED) is 0.711. The van der Waals surface area contributed by atoms with E-state index in [2.05, 4.69) is 59.5 Å². The molecule has 0 spiro atoms. The molecule has 0 amide bonds. The molecule has 1 aliphatic heterocycles. The lowest BCUT2D eigenvalue weighted by Gasteiger charge is -2.38. The second kappa shape index (κ2) is 7.86. The Labute approximate surface area is 155 Å². The first-order valence-electron chi connectivity index (χ1n) is 9.40. The highest BCUT2D eigenvalue weighted by Crippen LogP contribution is 2.37. The van der Waals surface area contributed by atoms with E-state index in [0.29, 0.717) is 6.42 Å². The summed E-state index contributed by atoms with van der Waals surface area (Å²) in [6, 6.07) is 29.6. The van der Waals surface area contributed by atoms with Crippen molar-refractivity contribution in [3.05, 3.63) is 107 Å². The fraction of sp³-hybridized carbons (Fsp3) is 0.250.